The number of rotatable bonds is 5. The second kappa shape index (κ2) is 6.10. The standard InChI is InChI=1S/C12H11ClN2O4S2/c1-7-4-10(20-11(7)13)21(18,19)15-6-8-2-3-9(12(16)17)14-5-8/h2-5,15H,6H2,1H3,(H,16,17). The van der Waals surface area contributed by atoms with Gasteiger partial charge in [0.05, 0.1) is 4.34 Å². The van der Waals surface area contributed by atoms with Gasteiger partial charge in [-0.1, -0.05) is 17.7 Å². The van der Waals surface area contributed by atoms with Gasteiger partial charge in [-0.05, 0) is 30.2 Å². The summed E-state index contributed by atoms with van der Waals surface area (Å²) in [7, 11) is -3.65. The Bertz CT molecular complexity index is 750. The minimum atomic E-state index is -3.65. The van der Waals surface area contributed by atoms with E-state index in [9.17, 15) is 13.2 Å². The third-order valence-electron chi connectivity index (χ3n) is 2.61. The molecular formula is C12H11ClN2O4S2. The van der Waals surface area contributed by atoms with Gasteiger partial charge in [0, 0.05) is 12.7 Å². The van der Waals surface area contributed by atoms with Gasteiger partial charge in [-0.15, -0.1) is 11.3 Å². The molecule has 2 rings (SSSR count). The van der Waals surface area contributed by atoms with Crippen LogP contribution in [0.5, 0.6) is 0 Å². The molecule has 2 aromatic rings. The molecule has 0 unspecified atom stereocenters. The SMILES string of the molecule is Cc1cc(S(=O)(=O)NCc2ccc(C(=O)O)nc2)sc1Cl. The maximum atomic E-state index is 12.1. The Kier molecular flexibility index (Phi) is 4.62. The third-order valence-corrected chi connectivity index (χ3v) is 6.04. The fourth-order valence-electron chi connectivity index (χ4n) is 1.47. The van der Waals surface area contributed by atoms with Crippen LogP contribution in [0.2, 0.25) is 4.34 Å². The molecule has 0 spiro atoms. The van der Waals surface area contributed by atoms with Crippen molar-refractivity contribution in [3.63, 3.8) is 0 Å². The molecule has 0 atom stereocenters. The molecule has 0 radical (unpaired) electrons. The first-order valence-electron chi connectivity index (χ1n) is 5.73. The molecule has 9 heteroatoms. The van der Waals surface area contributed by atoms with Crippen LogP contribution in [-0.4, -0.2) is 24.5 Å². The third kappa shape index (κ3) is 3.79. The number of aromatic carboxylic acids is 1. The maximum Gasteiger partial charge on any atom is 0.354 e. The van der Waals surface area contributed by atoms with Crippen LogP contribution in [0.4, 0.5) is 0 Å². The van der Waals surface area contributed by atoms with E-state index in [4.69, 9.17) is 16.7 Å². The molecule has 6 nitrogen and oxygen atoms in total. The Hall–Kier alpha value is -1.48. The van der Waals surface area contributed by atoms with E-state index in [0.29, 0.717) is 15.5 Å². The number of halogens is 1. The lowest BCUT2D eigenvalue weighted by atomic mass is 10.2. The molecule has 112 valence electrons. The highest BCUT2D eigenvalue weighted by Gasteiger charge is 2.18. The molecule has 21 heavy (non-hydrogen) atoms. The van der Waals surface area contributed by atoms with Crippen LogP contribution < -0.4 is 4.72 Å². The number of nitrogens with one attached hydrogen (secondary N) is 1. The molecule has 0 saturated carbocycles. The largest absolute Gasteiger partial charge is 0.477 e. The summed E-state index contributed by atoms with van der Waals surface area (Å²) >= 11 is 6.84. The number of hydrogen-bond acceptors (Lipinski definition) is 5. The first-order valence-corrected chi connectivity index (χ1v) is 8.41. The Morgan fingerprint density at radius 1 is 1.48 bits per heavy atom. The number of sulfonamides is 1. The molecule has 0 aromatic carbocycles. The predicted octanol–water partition coefficient (Wildman–Crippen LogP) is 2.28. The lowest BCUT2D eigenvalue weighted by molar-refractivity contribution is 0.0690. The topological polar surface area (TPSA) is 96.4 Å². The second-order valence-corrected chi connectivity index (χ2v) is 7.85. The smallest absolute Gasteiger partial charge is 0.354 e. The van der Waals surface area contributed by atoms with E-state index >= 15 is 0 Å². The molecule has 0 saturated heterocycles. The lowest BCUT2D eigenvalue weighted by Crippen LogP contribution is -2.22. The predicted molar refractivity (Wildman–Crippen MR) is 79.3 cm³/mol. The highest BCUT2D eigenvalue weighted by Crippen LogP contribution is 2.29. The summed E-state index contributed by atoms with van der Waals surface area (Å²) in [6.07, 6.45) is 1.32. The zero-order chi connectivity index (χ0) is 15.6. The Morgan fingerprint density at radius 3 is 2.67 bits per heavy atom. The first kappa shape index (κ1) is 15.9. The Morgan fingerprint density at radius 2 is 2.19 bits per heavy atom. The number of pyridine rings is 1. The quantitative estimate of drug-likeness (QED) is 0.865. The molecule has 2 heterocycles. The molecule has 0 aliphatic carbocycles. The molecule has 0 amide bonds. The van der Waals surface area contributed by atoms with Crippen molar-refractivity contribution in [2.75, 3.05) is 0 Å². The summed E-state index contributed by atoms with van der Waals surface area (Å²) in [5.74, 6) is -1.13. The van der Waals surface area contributed by atoms with Crippen molar-refractivity contribution in [2.45, 2.75) is 17.7 Å². The van der Waals surface area contributed by atoms with Gasteiger partial charge in [0.2, 0.25) is 10.0 Å². The number of thiophene rings is 1. The molecule has 2 N–H and O–H groups in total. The van der Waals surface area contributed by atoms with E-state index in [1.807, 2.05) is 0 Å². The Labute approximate surface area is 130 Å². The van der Waals surface area contributed by atoms with Crippen LogP contribution >= 0.6 is 22.9 Å². The molecule has 0 aliphatic heterocycles. The van der Waals surface area contributed by atoms with Crippen molar-refractivity contribution in [1.29, 1.82) is 0 Å². The van der Waals surface area contributed by atoms with Gasteiger partial charge in [-0.2, -0.15) is 0 Å². The van der Waals surface area contributed by atoms with E-state index < -0.39 is 16.0 Å². The van der Waals surface area contributed by atoms with Crippen molar-refractivity contribution in [3.8, 4) is 0 Å². The number of aryl methyl sites for hydroxylation is 1. The average Bonchev–Trinajstić information content (AvgIpc) is 2.78. The summed E-state index contributed by atoms with van der Waals surface area (Å²) in [6.45, 7) is 1.75. The fraction of sp³-hybridized carbons (Fsp3) is 0.167. The van der Waals surface area contributed by atoms with Gasteiger partial charge < -0.3 is 5.11 Å². The molecule has 0 fully saturated rings. The van der Waals surface area contributed by atoms with Crippen molar-refractivity contribution < 1.29 is 18.3 Å². The van der Waals surface area contributed by atoms with Crippen LogP contribution in [0, 0.1) is 6.92 Å². The summed E-state index contributed by atoms with van der Waals surface area (Å²) in [5, 5.41) is 8.73. The van der Waals surface area contributed by atoms with Crippen molar-refractivity contribution >= 4 is 38.9 Å². The molecule has 0 aliphatic rings. The van der Waals surface area contributed by atoms with Gasteiger partial charge in [0.15, 0.2) is 0 Å². The summed E-state index contributed by atoms with van der Waals surface area (Å²) in [4.78, 5) is 14.4. The Balaban J connectivity index is 2.09. The number of carboxylic acids is 1. The summed E-state index contributed by atoms with van der Waals surface area (Å²) < 4.78 is 27.1. The normalized spacial score (nSPS) is 11.5. The number of aromatic nitrogens is 1. The number of hydrogen-bond donors (Lipinski definition) is 2. The van der Waals surface area contributed by atoms with Crippen LogP contribution in [0.3, 0.4) is 0 Å². The van der Waals surface area contributed by atoms with Gasteiger partial charge >= 0.3 is 5.97 Å². The van der Waals surface area contributed by atoms with E-state index in [-0.39, 0.29) is 16.4 Å². The monoisotopic (exact) mass is 346 g/mol. The summed E-state index contributed by atoms with van der Waals surface area (Å²) in [5.41, 5.74) is 1.17. The average molecular weight is 347 g/mol. The van der Waals surface area contributed by atoms with E-state index in [0.717, 1.165) is 11.3 Å². The summed E-state index contributed by atoms with van der Waals surface area (Å²) in [6, 6.07) is 4.32. The number of carboxylic acid groups (broad SMARTS) is 1. The second-order valence-electron chi connectivity index (χ2n) is 4.20. The number of nitrogens with zero attached hydrogens (tertiary/aromatic N) is 1. The zero-order valence-corrected chi connectivity index (χ0v) is 13.2. The van der Waals surface area contributed by atoms with Crippen LogP contribution in [0.15, 0.2) is 28.6 Å². The molecule has 2 aromatic heterocycles. The van der Waals surface area contributed by atoms with Gasteiger partial charge in [0.1, 0.15) is 9.90 Å². The van der Waals surface area contributed by atoms with Gasteiger partial charge in [-0.3, -0.25) is 0 Å². The van der Waals surface area contributed by atoms with Crippen molar-refractivity contribution in [2.24, 2.45) is 0 Å². The minimum Gasteiger partial charge on any atom is -0.477 e. The van der Waals surface area contributed by atoms with Gasteiger partial charge in [-0.25, -0.2) is 22.9 Å². The minimum absolute atomic E-state index is 0.0177. The zero-order valence-electron chi connectivity index (χ0n) is 10.8. The van der Waals surface area contributed by atoms with E-state index in [1.54, 1.807) is 6.92 Å². The van der Waals surface area contributed by atoms with E-state index in [2.05, 4.69) is 9.71 Å². The van der Waals surface area contributed by atoms with Gasteiger partial charge in [0.25, 0.3) is 0 Å². The maximum absolute atomic E-state index is 12.1. The van der Waals surface area contributed by atoms with Crippen molar-refractivity contribution in [3.05, 3.63) is 45.6 Å². The molecule has 0 bridgehead atoms. The van der Waals surface area contributed by atoms with Crippen molar-refractivity contribution in [1.82, 2.24) is 9.71 Å². The molecular weight excluding hydrogens is 336 g/mol. The highest BCUT2D eigenvalue weighted by atomic mass is 35.5. The first-order chi connectivity index (χ1) is 9.79. The fourth-order valence-corrected chi connectivity index (χ4v) is 4.24. The highest BCUT2D eigenvalue weighted by molar-refractivity contribution is 7.91. The number of carbonyl (C=O) groups is 1. The lowest BCUT2D eigenvalue weighted by Gasteiger charge is -2.04. The van der Waals surface area contributed by atoms with Crippen LogP contribution in [0.25, 0.3) is 0 Å². The van der Waals surface area contributed by atoms with Crippen LogP contribution in [-0.2, 0) is 16.6 Å². The van der Waals surface area contributed by atoms with Crippen LogP contribution in [0.1, 0.15) is 21.6 Å². The van der Waals surface area contributed by atoms with E-state index in [1.165, 1.54) is 24.4 Å².